The summed E-state index contributed by atoms with van der Waals surface area (Å²) < 4.78 is 1.95. The first-order valence-electron chi connectivity index (χ1n) is 9.95. The molecule has 7 heteroatoms. The number of hydrogen-bond acceptors (Lipinski definition) is 3. The van der Waals surface area contributed by atoms with Gasteiger partial charge in [-0.25, -0.2) is 0 Å². The molecule has 0 bridgehead atoms. The third kappa shape index (κ3) is 7.09. The molecule has 6 nitrogen and oxygen atoms in total. The topological polar surface area (TPSA) is 57.5 Å². The summed E-state index contributed by atoms with van der Waals surface area (Å²) in [4.78, 5) is 6.90. The van der Waals surface area contributed by atoms with E-state index in [1.165, 1.54) is 37.1 Å². The van der Waals surface area contributed by atoms with Crippen LogP contribution in [0.4, 0.5) is 0 Å². The molecule has 0 saturated carbocycles. The molecule has 0 spiro atoms. The third-order valence-corrected chi connectivity index (χ3v) is 5.28. The Balaban J connectivity index is 0.00000280. The summed E-state index contributed by atoms with van der Waals surface area (Å²) >= 11 is 0. The van der Waals surface area contributed by atoms with Gasteiger partial charge in [0.2, 0.25) is 0 Å². The van der Waals surface area contributed by atoms with E-state index >= 15 is 0 Å². The van der Waals surface area contributed by atoms with Gasteiger partial charge in [-0.3, -0.25) is 9.67 Å². The van der Waals surface area contributed by atoms with Crippen LogP contribution in [-0.4, -0.2) is 53.9 Å². The predicted octanol–water partition coefficient (Wildman–Crippen LogP) is 2.95. The van der Waals surface area contributed by atoms with Crippen molar-refractivity contribution in [3.8, 4) is 0 Å². The summed E-state index contributed by atoms with van der Waals surface area (Å²) in [6.07, 6.45) is 6.45. The number of aromatic nitrogens is 2. The van der Waals surface area contributed by atoms with Gasteiger partial charge in [-0.15, -0.1) is 24.0 Å². The average molecular weight is 496 g/mol. The molecule has 154 valence electrons. The van der Waals surface area contributed by atoms with Crippen LogP contribution in [0.1, 0.15) is 30.9 Å². The monoisotopic (exact) mass is 496 g/mol. The summed E-state index contributed by atoms with van der Waals surface area (Å²) in [6, 6.07) is 10.4. The fraction of sp³-hybridized carbons (Fsp3) is 0.524. The molecule has 1 saturated heterocycles. The number of guanidine groups is 1. The maximum atomic E-state index is 4.36. The zero-order chi connectivity index (χ0) is 18.9. The Morgan fingerprint density at radius 1 is 1.14 bits per heavy atom. The Labute approximate surface area is 185 Å². The molecule has 2 aromatic rings. The molecule has 0 aliphatic carbocycles. The van der Waals surface area contributed by atoms with Crippen molar-refractivity contribution in [3.63, 3.8) is 0 Å². The molecule has 1 fully saturated rings. The lowest BCUT2D eigenvalue weighted by Crippen LogP contribution is -2.43. The average Bonchev–Trinajstić information content (AvgIpc) is 3.20. The second-order valence-electron chi connectivity index (χ2n) is 7.35. The van der Waals surface area contributed by atoms with Crippen molar-refractivity contribution in [1.29, 1.82) is 0 Å². The fourth-order valence-corrected chi connectivity index (χ4v) is 3.47. The fourth-order valence-electron chi connectivity index (χ4n) is 3.47. The van der Waals surface area contributed by atoms with Crippen LogP contribution >= 0.6 is 24.0 Å². The van der Waals surface area contributed by atoms with Crippen LogP contribution < -0.4 is 10.6 Å². The van der Waals surface area contributed by atoms with E-state index in [1.807, 2.05) is 30.2 Å². The van der Waals surface area contributed by atoms with Gasteiger partial charge in [-0.2, -0.15) is 5.10 Å². The molecule has 0 radical (unpaired) electrons. The number of likely N-dealkylation sites (tertiary alicyclic amines) is 1. The van der Waals surface area contributed by atoms with Crippen molar-refractivity contribution in [2.45, 2.75) is 32.9 Å². The molecule has 2 N–H and O–H groups in total. The van der Waals surface area contributed by atoms with Gasteiger partial charge in [0.05, 0.1) is 6.54 Å². The number of hydrogen-bond donors (Lipinski definition) is 2. The number of rotatable bonds is 7. The maximum absolute atomic E-state index is 4.36. The summed E-state index contributed by atoms with van der Waals surface area (Å²) in [7, 11) is 1.83. The molecule has 1 aliphatic rings. The first-order valence-corrected chi connectivity index (χ1v) is 9.95. The number of nitrogens with zero attached hydrogens (tertiary/aromatic N) is 4. The smallest absolute Gasteiger partial charge is 0.191 e. The van der Waals surface area contributed by atoms with E-state index < -0.39 is 0 Å². The molecule has 0 amide bonds. The molecule has 1 aromatic heterocycles. The Morgan fingerprint density at radius 3 is 2.57 bits per heavy atom. The van der Waals surface area contributed by atoms with E-state index in [4.69, 9.17) is 0 Å². The van der Waals surface area contributed by atoms with Crippen molar-refractivity contribution in [1.82, 2.24) is 25.3 Å². The van der Waals surface area contributed by atoms with Gasteiger partial charge in [-0.05, 0) is 49.0 Å². The molecule has 1 aromatic carbocycles. The molecular weight excluding hydrogens is 463 g/mol. The van der Waals surface area contributed by atoms with Crippen LogP contribution in [0.3, 0.4) is 0 Å². The van der Waals surface area contributed by atoms with Gasteiger partial charge < -0.3 is 15.5 Å². The van der Waals surface area contributed by atoms with E-state index in [2.05, 4.69) is 56.8 Å². The highest BCUT2D eigenvalue weighted by Crippen LogP contribution is 2.15. The lowest BCUT2D eigenvalue weighted by atomic mass is 9.99. The summed E-state index contributed by atoms with van der Waals surface area (Å²) in [6.45, 7) is 8.31. The largest absolute Gasteiger partial charge is 0.355 e. The first-order chi connectivity index (χ1) is 13.2. The molecule has 2 heterocycles. The van der Waals surface area contributed by atoms with Gasteiger partial charge in [0, 0.05) is 39.1 Å². The summed E-state index contributed by atoms with van der Waals surface area (Å²) in [5.74, 6) is 1.74. The van der Waals surface area contributed by atoms with Crippen LogP contribution in [0.5, 0.6) is 0 Å². The van der Waals surface area contributed by atoms with E-state index in [0.717, 1.165) is 38.1 Å². The predicted molar refractivity (Wildman–Crippen MR) is 126 cm³/mol. The van der Waals surface area contributed by atoms with Crippen molar-refractivity contribution in [2.75, 3.05) is 33.2 Å². The Kier molecular flexibility index (Phi) is 9.77. The molecule has 1 aliphatic heterocycles. The van der Waals surface area contributed by atoms with Crippen LogP contribution in [0.2, 0.25) is 0 Å². The minimum atomic E-state index is 0. The second-order valence-corrected chi connectivity index (χ2v) is 7.35. The minimum Gasteiger partial charge on any atom is -0.355 e. The summed E-state index contributed by atoms with van der Waals surface area (Å²) in [5.41, 5.74) is 2.53. The van der Waals surface area contributed by atoms with Gasteiger partial charge in [0.15, 0.2) is 5.96 Å². The molecule has 0 unspecified atom stereocenters. The number of halogens is 1. The van der Waals surface area contributed by atoms with Crippen molar-refractivity contribution in [2.24, 2.45) is 10.9 Å². The van der Waals surface area contributed by atoms with Crippen molar-refractivity contribution >= 4 is 29.9 Å². The highest BCUT2D eigenvalue weighted by molar-refractivity contribution is 14.0. The van der Waals surface area contributed by atoms with E-state index in [1.54, 1.807) is 0 Å². The lowest BCUT2D eigenvalue weighted by molar-refractivity contribution is 0.195. The zero-order valence-electron chi connectivity index (χ0n) is 17.0. The van der Waals surface area contributed by atoms with Gasteiger partial charge in [0.25, 0.3) is 0 Å². The highest BCUT2D eigenvalue weighted by Gasteiger charge is 2.15. The molecule has 28 heavy (non-hydrogen) atoms. The van der Waals surface area contributed by atoms with Crippen molar-refractivity contribution < 1.29 is 0 Å². The lowest BCUT2D eigenvalue weighted by Gasteiger charge is -2.30. The Morgan fingerprint density at radius 2 is 1.89 bits per heavy atom. The quantitative estimate of drug-likeness (QED) is 0.352. The van der Waals surface area contributed by atoms with Gasteiger partial charge >= 0.3 is 0 Å². The first kappa shape index (κ1) is 22.7. The minimum absolute atomic E-state index is 0. The number of aliphatic imine (C=N–C) groups is 1. The molecule has 0 atom stereocenters. The summed E-state index contributed by atoms with van der Waals surface area (Å²) in [5, 5.41) is 11.2. The van der Waals surface area contributed by atoms with E-state index in [-0.39, 0.29) is 24.0 Å². The van der Waals surface area contributed by atoms with E-state index in [9.17, 15) is 0 Å². The zero-order valence-corrected chi connectivity index (χ0v) is 19.3. The highest BCUT2D eigenvalue weighted by atomic mass is 127. The van der Waals surface area contributed by atoms with Gasteiger partial charge in [0.1, 0.15) is 0 Å². The van der Waals surface area contributed by atoms with Crippen LogP contribution in [0.25, 0.3) is 0 Å². The number of piperidine rings is 1. The second kappa shape index (κ2) is 12.1. The Hall–Kier alpha value is -1.61. The maximum Gasteiger partial charge on any atom is 0.191 e. The van der Waals surface area contributed by atoms with Crippen molar-refractivity contribution in [3.05, 3.63) is 53.9 Å². The number of nitrogens with one attached hydrogen (secondary N) is 2. The molecule has 3 rings (SSSR count). The van der Waals surface area contributed by atoms with Crippen LogP contribution in [0, 0.1) is 5.92 Å². The standard InChI is InChI=1S/C21H32N6.HI/c1-18-8-13-26(14-9-18)15-11-23-21(22-2)24-16-19-6-3-4-7-20(19)17-27-12-5-10-25-27;/h3-7,10,12,18H,8-9,11,13-17H2,1-2H3,(H2,22,23,24);1H. The Bertz CT molecular complexity index is 707. The van der Waals surface area contributed by atoms with E-state index in [0.29, 0.717) is 0 Å². The van der Waals surface area contributed by atoms with Gasteiger partial charge in [-0.1, -0.05) is 31.2 Å². The third-order valence-electron chi connectivity index (χ3n) is 5.28. The normalized spacial score (nSPS) is 15.9. The van der Waals surface area contributed by atoms with Crippen LogP contribution in [0.15, 0.2) is 47.7 Å². The number of benzene rings is 1. The molecular formula is C21H33IN6. The van der Waals surface area contributed by atoms with Crippen LogP contribution in [-0.2, 0) is 13.1 Å². The SMILES string of the molecule is CN=C(NCCN1CCC(C)CC1)NCc1ccccc1Cn1cccn1.I.